The van der Waals surface area contributed by atoms with Gasteiger partial charge in [0.25, 0.3) is 11.8 Å². The Kier molecular flexibility index (Phi) is 3.67. The number of ether oxygens (including phenoxy) is 1. The van der Waals surface area contributed by atoms with Crippen molar-refractivity contribution in [1.82, 2.24) is 9.80 Å². The maximum atomic E-state index is 12.8. The number of rotatable bonds is 4. The highest BCUT2D eigenvalue weighted by Crippen LogP contribution is 2.36. The van der Waals surface area contributed by atoms with Gasteiger partial charge in [0.1, 0.15) is 17.6 Å². The molecule has 24 heavy (non-hydrogen) atoms. The van der Waals surface area contributed by atoms with Crippen LogP contribution in [0.3, 0.4) is 0 Å². The number of carbonyl (C=O) groups is 2. The molecule has 0 spiro atoms. The van der Waals surface area contributed by atoms with Gasteiger partial charge in [-0.3, -0.25) is 9.59 Å². The third-order valence-electron chi connectivity index (χ3n) is 5.58. The Morgan fingerprint density at radius 2 is 2.08 bits per heavy atom. The fourth-order valence-electron chi connectivity index (χ4n) is 3.96. The maximum absolute atomic E-state index is 12.8. The van der Waals surface area contributed by atoms with Crippen LogP contribution in [0.25, 0.3) is 0 Å². The smallest absolute Gasteiger partial charge is 0.257 e. The standard InChI is InChI=1S/C18H24N2O4/c1-10-6-13(11(2)24-10)17(21)20-7-14-15(8-20)19(3)18(22)16(14)23-9-12-4-5-12/h6,12,14-16H,4-5,7-9H2,1-3H3/t14-,15+,16-/m0/s1. The molecular weight excluding hydrogens is 308 g/mol. The van der Waals surface area contributed by atoms with Gasteiger partial charge in [-0.05, 0) is 38.7 Å². The normalized spacial score (nSPS) is 29.5. The molecule has 1 aromatic rings. The van der Waals surface area contributed by atoms with E-state index in [4.69, 9.17) is 9.15 Å². The topological polar surface area (TPSA) is 63.0 Å². The Balaban J connectivity index is 1.48. The molecule has 1 aliphatic carbocycles. The van der Waals surface area contributed by atoms with Gasteiger partial charge in [-0.2, -0.15) is 0 Å². The minimum absolute atomic E-state index is 0.0134. The number of hydrogen-bond acceptors (Lipinski definition) is 4. The first-order valence-corrected chi connectivity index (χ1v) is 8.70. The van der Waals surface area contributed by atoms with E-state index in [1.165, 1.54) is 12.8 Å². The first-order chi connectivity index (χ1) is 11.5. The second-order valence-electron chi connectivity index (χ2n) is 7.41. The van der Waals surface area contributed by atoms with Crippen LogP contribution in [-0.4, -0.2) is 60.5 Å². The molecule has 1 aromatic heterocycles. The molecule has 0 aromatic carbocycles. The lowest BCUT2D eigenvalue weighted by Gasteiger charge is -2.22. The summed E-state index contributed by atoms with van der Waals surface area (Å²) in [6.07, 6.45) is 2.01. The van der Waals surface area contributed by atoms with Gasteiger partial charge < -0.3 is 19.0 Å². The Morgan fingerprint density at radius 3 is 2.71 bits per heavy atom. The molecule has 0 N–H and O–H groups in total. The highest BCUT2D eigenvalue weighted by Gasteiger charge is 2.53. The second kappa shape index (κ2) is 5.62. The van der Waals surface area contributed by atoms with E-state index in [1.54, 1.807) is 11.0 Å². The summed E-state index contributed by atoms with van der Waals surface area (Å²) >= 11 is 0. The van der Waals surface area contributed by atoms with Gasteiger partial charge >= 0.3 is 0 Å². The summed E-state index contributed by atoms with van der Waals surface area (Å²) in [6, 6.07) is 1.85. The molecule has 0 bridgehead atoms. The van der Waals surface area contributed by atoms with Crippen molar-refractivity contribution in [3.8, 4) is 0 Å². The van der Waals surface area contributed by atoms with Gasteiger partial charge in [-0.25, -0.2) is 0 Å². The van der Waals surface area contributed by atoms with E-state index in [0.717, 1.165) is 5.76 Å². The monoisotopic (exact) mass is 332 g/mol. The van der Waals surface area contributed by atoms with Crippen molar-refractivity contribution in [2.75, 3.05) is 26.7 Å². The quantitative estimate of drug-likeness (QED) is 0.840. The van der Waals surface area contributed by atoms with Crippen LogP contribution in [0.5, 0.6) is 0 Å². The van der Waals surface area contributed by atoms with Crippen LogP contribution < -0.4 is 0 Å². The fraction of sp³-hybridized carbons (Fsp3) is 0.667. The highest BCUT2D eigenvalue weighted by molar-refractivity contribution is 5.96. The number of amides is 2. The van der Waals surface area contributed by atoms with Crippen molar-refractivity contribution in [3.05, 3.63) is 23.2 Å². The van der Waals surface area contributed by atoms with Crippen molar-refractivity contribution in [2.45, 2.75) is 38.8 Å². The zero-order chi connectivity index (χ0) is 17.0. The molecule has 3 aliphatic rings. The van der Waals surface area contributed by atoms with Crippen molar-refractivity contribution >= 4 is 11.8 Å². The van der Waals surface area contributed by atoms with Crippen LogP contribution in [0.15, 0.2) is 10.5 Å². The van der Waals surface area contributed by atoms with Crippen LogP contribution in [-0.2, 0) is 9.53 Å². The molecule has 2 amide bonds. The van der Waals surface area contributed by atoms with Crippen LogP contribution >= 0.6 is 0 Å². The van der Waals surface area contributed by atoms with E-state index in [2.05, 4.69) is 0 Å². The number of likely N-dealkylation sites (tertiary alicyclic amines) is 2. The summed E-state index contributed by atoms with van der Waals surface area (Å²) in [5.41, 5.74) is 0.622. The first kappa shape index (κ1) is 15.7. The number of fused-ring (bicyclic) bond motifs is 1. The van der Waals surface area contributed by atoms with Crippen LogP contribution in [0, 0.1) is 25.7 Å². The highest BCUT2D eigenvalue weighted by atomic mass is 16.5. The van der Waals surface area contributed by atoms with E-state index in [9.17, 15) is 9.59 Å². The molecular formula is C18H24N2O4. The molecule has 1 saturated carbocycles. The van der Waals surface area contributed by atoms with E-state index < -0.39 is 6.10 Å². The summed E-state index contributed by atoms with van der Waals surface area (Å²) in [4.78, 5) is 28.8. The molecule has 4 rings (SSSR count). The number of aryl methyl sites for hydroxylation is 2. The Bertz CT molecular complexity index is 679. The number of furan rings is 1. The summed E-state index contributed by atoms with van der Waals surface area (Å²) in [5, 5.41) is 0. The average Bonchev–Trinajstić information content (AvgIpc) is 3.10. The molecule has 6 heteroatoms. The van der Waals surface area contributed by atoms with Gasteiger partial charge in [-0.15, -0.1) is 0 Å². The average molecular weight is 332 g/mol. The van der Waals surface area contributed by atoms with Crippen LogP contribution in [0.1, 0.15) is 34.7 Å². The third-order valence-corrected chi connectivity index (χ3v) is 5.58. The first-order valence-electron chi connectivity index (χ1n) is 8.70. The van der Waals surface area contributed by atoms with Crippen molar-refractivity contribution in [2.24, 2.45) is 11.8 Å². The van der Waals surface area contributed by atoms with Gasteiger partial charge in [0, 0.05) is 26.1 Å². The zero-order valence-electron chi connectivity index (χ0n) is 14.4. The lowest BCUT2D eigenvalue weighted by Crippen LogP contribution is -2.39. The maximum Gasteiger partial charge on any atom is 0.257 e. The van der Waals surface area contributed by atoms with Gasteiger partial charge in [0.2, 0.25) is 0 Å². The minimum atomic E-state index is -0.398. The zero-order valence-corrected chi connectivity index (χ0v) is 14.4. The summed E-state index contributed by atoms with van der Waals surface area (Å²) in [5.74, 6) is 2.14. The number of nitrogens with zero attached hydrogens (tertiary/aromatic N) is 2. The van der Waals surface area contributed by atoms with Gasteiger partial charge in [0.05, 0.1) is 18.2 Å². The molecule has 130 valence electrons. The van der Waals surface area contributed by atoms with Crippen LogP contribution in [0.2, 0.25) is 0 Å². The summed E-state index contributed by atoms with van der Waals surface area (Å²) in [6.45, 7) is 5.46. The second-order valence-corrected chi connectivity index (χ2v) is 7.41. The van der Waals surface area contributed by atoms with Crippen LogP contribution in [0.4, 0.5) is 0 Å². The third kappa shape index (κ3) is 2.53. The molecule has 2 aliphatic heterocycles. The van der Waals surface area contributed by atoms with Gasteiger partial charge in [0.15, 0.2) is 0 Å². The molecule has 3 atom stereocenters. The molecule has 0 unspecified atom stereocenters. The Labute approximate surface area is 141 Å². The Morgan fingerprint density at radius 1 is 1.33 bits per heavy atom. The molecule has 6 nitrogen and oxygen atoms in total. The SMILES string of the molecule is Cc1cc(C(=O)N2C[C@@H]3[C@H](OCC4CC4)C(=O)N(C)[C@@H]3C2)c(C)o1. The Hall–Kier alpha value is -1.82. The van der Waals surface area contributed by atoms with Crippen molar-refractivity contribution in [3.63, 3.8) is 0 Å². The molecule has 2 saturated heterocycles. The van der Waals surface area contributed by atoms with E-state index >= 15 is 0 Å². The summed E-state index contributed by atoms with van der Waals surface area (Å²) in [7, 11) is 1.82. The van der Waals surface area contributed by atoms with E-state index in [0.29, 0.717) is 36.9 Å². The molecule has 3 heterocycles. The predicted octanol–water partition coefficient (Wildman–Crippen LogP) is 1.60. The van der Waals surface area contributed by atoms with E-state index in [1.807, 2.05) is 25.8 Å². The number of likely N-dealkylation sites (N-methyl/N-ethyl adjacent to an activating group) is 1. The van der Waals surface area contributed by atoms with E-state index in [-0.39, 0.29) is 23.8 Å². The molecule has 3 fully saturated rings. The van der Waals surface area contributed by atoms with Crippen molar-refractivity contribution < 1.29 is 18.7 Å². The summed E-state index contributed by atoms with van der Waals surface area (Å²) < 4.78 is 11.4. The lowest BCUT2D eigenvalue weighted by molar-refractivity contribution is -0.138. The lowest BCUT2D eigenvalue weighted by atomic mass is 10.0. The number of carbonyl (C=O) groups excluding carboxylic acids is 2. The van der Waals surface area contributed by atoms with Crippen molar-refractivity contribution in [1.29, 1.82) is 0 Å². The minimum Gasteiger partial charge on any atom is -0.466 e. The largest absolute Gasteiger partial charge is 0.466 e. The van der Waals surface area contributed by atoms with Gasteiger partial charge in [-0.1, -0.05) is 0 Å². The predicted molar refractivity (Wildman–Crippen MR) is 86.6 cm³/mol. The fourth-order valence-corrected chi connectivity index (χ4v) is 3.96. The molecule has 0 radical (unpaired) electrons. The number of hydrogen-bond donors (Lipinski definition) is 0.